The number of carbonyl (C=O) groups is 1. The van der Waals surface area contributed by atoms with E-state index in [0.717, 1.165) is 30.3 Å². The molecule has 0 bridgehead atoms. The van der Waals surface area contributed by atoms with Crippen molar-refractivity contribution in [3.05, 3.63) is 76.5 Å². The van der Waals surface area contributed by atoms with Crippen molar-refractivity contribution in [2.75, 3.05) is 6.61 Å². The van der Waals surface area contributed by atoms with Crippen LogP contribution >= 0.6 is 0 Å². The lowest BCUT2D eigenvalue weighted by molar-refractivity contribution is -0.278. The van der Waals surface area contributed by atoms with Crippen molar-refractivity contribution >= 4 is 12.0 Å². The summed E-state index contributed by atoms with van der Waals surface area (Å²) in [6.07, 6.45) is -6.06. The van der Waals surface area contributed by atoms with Crippen LogP contribution in [0.25, 0.3) is 28.7 Å². The van der Waals surface area contributed by atoms with Gasteiger partial charge in [0.05, 0.1) is 5.56 Å². The van der Waals surface area contributed by atoms with Gasteiger partial charge in [-0.3, -0.25) is 4.79 Å². The van der Waals surface area contributed by atoms with Crippen molar-refractivity contribution in [3.8, 4) is 57.1 Å². The van der Waals surface area contributed by atoms with Gasteiger partial charge in [0, 0.05) is 23.8 Å². The number of esters is 1. The standard InChI is InChI=1S/C30H26O14/c31-15-4-1-13(2-5-15)3-6-24(36)41-12-23-26(38)27(39)28(40)30(44-23)43-22-11-17-18(33)9-16(32)10-21(17)42-29(22)14-7-19(34)25(37)20(35)8-14/h1-11,23,26-28,30-31,33-35,37-40H,12H2/t23-,26+,27+,28-,30-/m1/s1. The van der Waals surface area contributed by atoms with Crippen LogP contribution in [0.15, 0.2) is 69.9 Å². The molecule has 2 aromatic carbocycles. The van der Waals surface area contributed by atoms with E-state index in [1.807, 2.05) is 0 Å². The third-order valence-corrected chi connectivity index (χ3v) is 6.74. The molecular formula is C30H26O14. The van der Waals surface area contributed by atoms with Gasteiger partial charge in [-0.1, -0.05) is 12.1 Å². The summed E-state index contributed by atoms with van der Waals surface area (Å²) in [6.45, 7) is -0.578. The Kier molecular flexibility index (Phi) is 8.33. The lowest BCUT2D eigenvalue weighted by atomic mass is 9.99. The maximum absolute atomic E-state index is 12.3. The number of fused-ring (bicyclic) bond motifs is 1. The van der Waals surface area contributed by atoms with Gasteiger partial charge in [0.2, 0.25) is 6.29 Å². The van der Waals surface area contributed by atoms with Crippen molar-refractivity contribution in [1.29, 1.82) is 0 Å². The first kappa shape index (κ1) is 30.2. The molecule has 2 heterocycles. The summed E-state index contributed by atoms with van der Waals surface area (Å²) in [5.41, 5.74) is -0.118. The molecule has 230 valence electrons. The van der Waals surface area contributed by atoms with Crippen molar-refractivity contribution in [2.45, 2.75) is 30.7 Å². The Morgan fingerprint density at radius 3 is 2.20 bits per heavy atom. The molecule has 0 aromatic heterocycles. The molecular weight excluding hydrogens is 584 g/mol. The van der Waals surface area contributed by atoms with Crippen molar-refractivity contribution < 1.29 is 64.3 Å². The minimum absolute atomic E-state index is 0.0210. The molecule has 8 N–H and O–H groups in total. The number of carbonyl (C=O) groups excluding carboxylic acids is 1. The molecule has 0 saturated carbocycles. The summed E-state index contributed by atoms with van der Waals surface area (Å²) in [7, 11) is 0. The number of aromatic hydroxyl groups is 5. The van der Waals surface area contributed by atoms with Gasteiger partial charge in [0.1, 0.15) is 48.3 Å². The van der Waals surface area contributed by atoms with Crippen LogP contribution in [-0.2, 0) is 14.3 Å². The topological polar surface area (TPSA) is 237 Å². The van der Waals surface area contributed by atoms with Gasteiger partial charge in [0.15, 0.2) is 34.2 Å². The average Bonchev–Trinajstić information content (AvgIpc) is 2.98. The molecule has 14 heteroatoms. The average molecular weight is 611 g/mol. The Hall–Kier alpha value is -5.28. The number of phenols is 5. The lowest BCUT2D eigenvalue weighted by Gasteiger charge is -2.40. The number of rotatable bonds is 7. The first-order valence-corrected chi connectivity index (χ1v) is 13.0. The first-order valence-electron chi connectivity index (χ1n) is 13.0. The number of hydrogen-bond acceptors (Lipinski definition) is 14. The Morgan fingerprint density at radius 1 is 0.841 bits per heavy atom. The van der Waals surface area contributed by atoms with E-state index in [4.69, 9.17) is 18.6 Å². The second-order valence-corrected chi connectivity index (χ2v) is 9.84. The van der Waals surface area contributed by atoms with Gasteiger partial charge < -0.3 is 59.5 Å². The van der Waals surface area contributed by atoms with Gasteiger partial charge in [0.25, 0.3) is 0 Å². The van der Waals surface area contributed by atoms with Crippen molar-refractivity contribution in [3.63, 3.8) is 0 Å². The van der Waals surface area contributed by atoms with E-state index in [9.17, 15) is 50.4 Å². The molecule has 0 spiro atoms. The van der Waals surface area contributed by atoms with Crippen molar-refractivity contribution in [2.24, 2.45) is 0 Å². The number of aliphatic hydroxyl groups excluding tert-OH is 3. The molecule has 2 aromatic rings. The number of hydrogen-bond donors (Lipinski definition) is 8. The number of phenolic OH excluding ortho intramolecular Hbond substituents is 5. The van der Waals surface area contributed by atoms with Crippen LogP contribution in [0.3, 0.4) is 0 Å². The van der Waals surface area contributed by atoms with Crippen LogP contribution in [0.5, 0.6) is 34.5 Å². The summed E-state index contributed by atoms with van der Waals surface area (Å²) in [5, 5.41) is 81.2. The molecule has 3 aliphatic rings. The number of benzene rings is 3. The fraction of sp³-hybridized carbons (Fsp3) is 0.200. The maximum Gasteiger partial charge on any atom is 0.330 e. The van der Waals surface area contributed by atoms with Crippen LogP contribution in [0.2, 0.25) is 0 Å². The van der Waals surface area contributed by atoms with Gasteiger partial charge in [-0.25, -0.2) is 4.79 Å². The summed E-state index contributed by atoms with van der Waals surface area (Å²) >= 11 is 0. The molecule has 14 nitrogen and oxygen atoms in total. The number of ether oxygens (including phenoxy) is 3. The Morgan fingerprint density at radius 2 is 1.52 bits per heavy atom. The fourth-order valence-corrected chi connectivity index (χ4v) is 4.44. The Bertz CT molecular complexity index is 1700. The number of aliphatic hydroxyl groups is 3. The molecule has 2 aliphatic heterocycles. The zero-order chi connectivity index (χ0) is 31.7. The van der Waals surface area contributed by atoms with Crippen LogP contribution in [-0.4, -0.2) is 84.1 Å². The highest BCUT2D eigenvalue weighted by Gasteiger charge is 2.46. The molecule has 1 saturated heterocycles. The maximum atomic E-state index is 12.3. The van der Waals surface area contributed by atoms with Crippen LogP contribution in [0, 0.1) is 0 Å². The molecule has 5 atom stereocenters. The molecule has 0 radical (unpaired) electrons. The monoisotopic (exact) mass is 610 g/mol. The highest BCUT2D eigenvalue weighted by molar-refractivity contribution is 5.87. The molecule has 5 rings (SSSR count). The Balaban J connectivity index is 1.42. The summed E-state index contributed by atoms with van der Waals surface area (Å²) in [5.74, 6) is -4.28. The predicted molar refractivity (Wildman–Crippen MR) is 149 cm³/mol. The minimum atomic E-state index is -1.87. The molecule has 0 unspecified atom stereocenters. The smallest absolute Gasteiger partial charge is 0.330 e. The zero-order valence-electron chi connectivity index (χ0n) is 22.5. The third-order valence-electron chi connectivity index (χ3n) is 6.74. The second kappa shape index (κ2) is 12.1. The zero-order valence-corrected chi connectivity index (χ0v) is 22.5. The SMILES string of the molecule is O=C(C=Cc1ccc(O)cc1)OC[C@H]1O[C@@H](Oc2cc3c(O)cc(=O)cc-3oc2-c2cc(O)c(O)c(O)c2)[C@H](O)[C@@H](O)[C@H]1O. The molecule has 44 heavy (non-hydrogen) atoms. The third kappa shape index (κ3) is 6.23. The van der Waals surface area contributed by atoms with E-state index < -0.39 is 71.7 Å². The van der Waals surface area contributed by atoms with E-state index >= 15 is 0 Å². The summed E-state index contributed by atoms with van der Waals surface area (Å²) in [4.78, 5) is 24.2. The first-order chi connectivity index (χ1) is 20.9. The van der Waals surface area contributed by atoms with E-state index in [0.29, 0.717) is 5.56 Å². The highest BCUT2D eigenvalue weighted by Crippen LogP contribution is 2.45. The molecule has 0 amide bonds. The van der Waals surface area contributed by atoms with E-state index in [-0.39, 0.29) is 34.1 Å². The van der Waals surface area contributed by atoms with E-state index in [1.54, 1.807) is 12.1 Å². The molecule has 1 fully saturated rings. The van der Waals surface area contributed by atoms with E-state index in [1.165, 1.54) is 24.3 Å². The second-order valence-electron chi connectivity index (χ2n) is 9.84. The van der Waals surface area contributed by atoms with Crippen molar-refractivity contribution in [1.82, 2.24) is 0 Å². The predicted octanol–water partition coefficient (Wildman–Crippen LogP) is 1.38. The normalized spacial score (nSPS) is 21.8. The van der Waals surface area contributed by atoms with E-state index in [2.05, 4.69) is 0 Å². The van der Waals surface area contributed by atoms with Crippen LogP contribution < -0.4 is 10.2 Å². The highest BCUT2D eigenvalue weighted by atomic mass is 16.7. The summed E-state index contributed by atoms with van der Waals surface area (Å²) in [6, 6.07) is 11.1. The lowest BCUT2D eigenvalue weighted by Crippen LogP contribution is -2.60. The van der Waals surface area contributed by atoms with Crippen LogP contribution in [0.1, 0.15) is 5.56 Å². The quantitative estimate of drug-likeness (QED) is 0.0839. The van der Waals surface area contributed by atoms with Gasteiger partial charge in [-0.05, 0) is 42.0 Å². The van der Waals surface area contributed by atoms with Gasteiger partial charge in [-0.2, -0.15) is 0 Å². The molecule has 1 aliphatic carbocycles. The van der Waals surface area contributed by atoms with Gasteiger partial charge >= 0.3 is 5.97 Å². The fourth-order valence-electron chi connectivity index (χ4n) is 4.44. The Labute approximate surface area is 247 Å². The summed E-state index contributed by atoms with van der Waals surface area (Å²) < 4.78 is 22.3. The van der Waals surface area contributed by atoms with Gasteiger partial charge in [-0.15, -0.1) is 0 Å². The largest absolute Gasteiger partial charge is 0.508 e. The minimum Gasteiger partial charge on any atom is -0.508 e. The van der Waals surface area contributed by atoms with Crippen LogP contribution in [0.4, 0.5) is 0 Å².